The second-order valence-corrected chi connectivity index (χ2v) is 5.36. The van der Waals surface area contributed by atoms with E-state index in [4.69, 9.17) is 9.40 Å². The van der Waals surface area contributed by atoms with Crippen LogP contribution in [0, 0.1) is 13.8 Å². The maximum Gasteiger partial charge on any atom is 0.226 e. The predicted molar refractivity (Wildman–Crippen MR) is 79.6 cm³/mol. The number of nitrogens with one attached hydrogen (secondary N) is 1. The van der Waals surface area contributed by atoms with E-state index in [0.717, 1.165) is 55.6 Å². The number of rotatable bonds is 3. The Hall–Kier alpha value is -1.65. The first kappa shape index (κ1) is 13.3. The molecule has 0 bridgehead atoms. The molecule has 0 saturated carbocycles. The molecule has 106 valence electrons. The monoisotopic (exact) mass is 271 g/mol. The average Bonchev–Trinajstić information content (AvgIpc) is 2.81. The van der Waals surface area contributed by atoms with Crippen molar-refractivity contribution in [3.8, 4) is 11.5 Å². The Balaban J connectivity index is 1.82. The van der Waals surface area contributed by atoms with Crippen molar-refractivity contribution in [2.24, 2.45) is 0 Å². The van der Waals surface area contributed by atoms with Gasteiger partial charge < -0.3 is 9.73 Å². The summed E-state index contributed by atoms with van der Waals surface area (Å²) in [7, 11) is 0. The van der Waals surface area contributed by atoms with E-state index in [1.54, 1.807) is 0 Å². The van der Waals surface area contributed by atoms with E-state index in [1.165, 1.54) is 5.56 Å². The quantitative estimate of drug-likeness (QED) is 0.930. The van der Waals surface area contributed by atoms with Gasteiger partial charge in [0.25, 0.3) is 0 Å². The average molecular weight is 271 g/mol. The zero-order chi connectivity index (χ0) is 13.9. The fourth-order valence-corrected chi connectivity index (χ4v) is 2.58. The third-order valence-electron chi connectivity index (χ3n) is 3.85. The van der Waals surface area contributed by atoms with Crippen LogP contribution in [0.15, 0.2) is 28.7 Å². The Bertz CT molecular complexity index is 585. The van der Waals surface area contributed by atoms with Crippen LogP contribution in [0.4, 0.5) is 0 Å². The molecule has 1 aliphatic heterocycles. The van der Waals surface area contributed by atoms with Gasteiger partial charge in [0.15, 0.2) is 0 Å². The zero-order valence-corrected chi connectivity index (χ0v) is 12.1. The first-order valence-electron chi connectivity index (χ1n) is 7.19. The second-order valence-electron chi connectivity index (χ2n) is 5.36. The number of benzene rings is 1. The first-order valence-corrected chi connectivity index (χ1v) is 7.19. The molecule has 1 aromatic carbocycles. The third-order valence-corrected chi connectivity index (χ3v) is 3.85. The number of hydrogen-bond acceptors (Lipinski definition) is 4. The second kappa shape index (κ2) is 5.77. The number of oxazole rings is 1. The van der Waals surface area contributed by atoms with Gasteiger partial charge in [0.05, 0.1) is 5.69 Å². The maximum absolute atomic E-state index is 5.87. The third kappa shape index (κ3) is 2.76. The highest BCUT2D eigenvalue weighted by Gasteiger charge is 2.17. The SMILES string of the molecule is Cc1ccccc1-c1nc(CN2CCNCC2)c(C)o1. The van der Waals surface area contributed by atoms with Gasteiger partial charge in [0, 0.05) is 38.3 Å². The molecular weight excluding hydrogens is 250 g/mol. The fourth-order valence-electron chi connectivity index (χ4n) is 2.58. The fraction of sp³-hybridized carbons (Fsp3) is 0.438. The zero-order valence-electron chi connectivity index (χ0n) is 12.1. The van der Waals surface area contributed by atoms with Gasteiger partial charge in [-0.05, 0) is 25.5 Å². The van der Waals surface area contributed by atoms with Gasteiger partial charge in [-0.2, -0.15) is 0 Å². The Morgan fingerprint density at radius 2 is 1.95 bits per heavy atom. The van der Waals surface area contributed by atoms with Crippen molar-refractivity contribution in [2.45, 2.75) is 20.4 Å². The molecular formula is C16H21N3O. The number of aryl methyl sites for hydroxylation is 2. The Morgan fingerprint density at radius 1 is 1.20 bits per heavy atom. The number of hydrogen-bond donors (Lipinski definition) is 1. The summed E-state index contributed by atoms with van der Waals surface area (Å²) in [5.74, 6) is 1.67. The molecule has 1 aromatic heterocycles. The highest BCUT2D eigenvalue weighted by Crippen LogP contribution is 2.25. The molecule has 0 unspecified atom stereocenters. The summed E-state index contributed by atoms with van der Waals surface area (Å²) < 4.78 is 5.87. The van der Waals surface area contributed by atoms with Crippen molar-refractivity contribution >= 4 is 0 Å². The minimum atomic E-state index is 0.741. The van der Waals surface area contributed by atoms with Crippen LogP contribution in [0.2, 0.25) is 0 Å². The molecule has 1 aliphatic rings. The number of aromatic nitrogens is 1. The van der Waals surface area contributed by atoms with Crippen molar-refractivity contribution in [1.82, 2.24) is 15.2 Å². The van der Waals surface area contributed by atoms with E-state index in [0.29, 0.717) is 0 Å². The van der Waals surface area contributed by atoms with Crippen molar-refractivity contribution in [1.29, 1.82) is 0 Å². The van der Waals surface area contributed by atoms with E-state index in [1.807, 2.05) is 19.1 Å². The smallest absolute Gasteiger partial charge is 0.226 e. The highest BCUT2D eigenvalue weighted by atomic mass is 16.4. The molecule has 1 fully saturated rings. The Labute approximate surface area is 119 Å². The molecule has 2 heterocycles. The standard InChI is InChI=1S/C16H21N3O/c1-12-5-3-4-6-14(12)16-18-15(13(2)20-16)11-19-9-7-17-8-10-19/h3-6,17H,7-11H2,1-2H3. The lowest BCUT2D eigenvalue weighted by atomic mass is 10.1. The van der Waals surface area contributed by atoms with E-state index in [-0.39, 0.29) is 0 Å². The molecule has 3 rings (SSSR count). The van der Waals surface area contributed by atoms with E-state index >= 15 is 0 Å². The molecule has 2 aromatic rings. The van der Waals surface area contributed by atoms with Gasteiger partial charge in [0.1, 0.15) is 5.76 Å². The van der Waals surface area contributed by atoms with Crippen LogP contribution in [0.3, 0.4) is 0 Å². The Morgan fingerprint density at radius 3 is 2.70 bits per heavy atom. The molecule has 0 radical (unpaired) electrons. The summed E-state index contributed by atoms with van der Waals surface area (Å²) >= 11 is 0. The largest absolute Gasteiger partial charge is 0.441 e. The lowest BCUT2D eigenvalue weighted by Crippen LogP contribution is -2.43. The van der Waals surface area contributed by atoms with Crippen LogP contribution in [0.1, 0.15) is 17.0 Å². The van der Waals surface area contributed by atoms with Crippen molar-refractivity contribution < 1.29 is 4.42 Å². The molecule has 0 amide bonds. The van der Waals surface area contributed by atoms with Crippen molar-refractivity contribution in [3.63, 3.8) is 0 Å². The highest BCUT2D eigenvalue weighted by molar-refractivity contribution is 5.58. The molecule has 1 saturated heterocycles. The van der Waals surface area contributed by atoms with Gasteiger partial charge in [-0.25, -0.2) is 4.98 Å². The first-order chi connectivity index (χ1) is 9.74. The van der Waals surface area contributed by atoms with Gasteiger partial charge in [-0.15, -0.1) is 0 Å². The molecule has 4 nitrogen and oxygen atoms in total. The van der Waals surface area contributed by atoms with Crippen LogP contribution < -0.4 is 5.32 Å². The molecule has 0 aliphatic carbocycles. The van der Waals surface area contributed by atoms with E-state index < -0.39 is 0 Å². The summed E-state index contributed by atoms with van der Waals surface area (Å²) in [6, 6.07) is 8.22. The lowest BCUT2D eigenvalue weighted by Gasteiger charge is -2.26. The van der Waals surface area contributed by atoms with Gasteiger partial charge in [0.2, 0.25) is 5.89 Å². The molecule has 20 heavy (non-hydrogen) atoms. The number of piperazine rings is 1. The summed E-state index contributed by atoms with van der Waals surface area (Å²) in [6.45, 7) is 9.24. The topological polar surface area (TPSA) is 41.3 Å². The normalized spacial score (nSPS) is 16.5. The van der Waals surface area contributed by atoms with Gasteiger partial charge >= 0.3 is 0 Å². The van der Waals surface area contributed by atoms with Crippen LogP contribution >= 0.6 is 0 Å². The summed E-state index contributed by atoms with van der Waals surface area (Å²) in [6.07, 6.45) is 0. The van der Waals surface area contributed by atoms with Gasteiger partial charge in [-0.3, -0.25) is 4.90 Å². The van der Waals surface area contributed by atoms with E-state index in [2.05, 4.69) is 29.3 Å². The molecule has 1 N–H and O–H groups in total. The van der Waals surface area contributed by atoms with Crippen LogP contribution in [0.5, 0.6) is 0 Å². The number of nitrogens with zero attached hydrogens (tertiary/aromatic N) is 2. The van der Waals surface area contributed by atoms with Crippen LogP contribution in [-0.4, -0.2) is 36.1 Å². The molecule has 0 spiro atoms. The minimum absolute atomic E-state index is 0.741. The lowest BCUT2D eigenvalue weighted by molar-refractivity contribution is 0.230. The Kier molecular flexibility index (Phi) is 3.85. The summed E-state index contributed by atoms with van der Waals surface area (Å²) in [5.41, 5.74) is 3.34. The van der Waals surface area contributed by atoms with Crippen molar-refractivity contribution in [2.75, 3.05) is 26.2 Å². The maximum atomic E-state index is 5.87. The minimum Gasteiger partial charge on any atom is -0.441 e. The molecule has 0 atom stereocenters. The summed E-state index contributed by atoms with van der Waals surface area (Å²) in [4.78, 5) is 7.13. The predicted octanol–water partition coefficient (Wildman–Crippen LogP) is 2.36. The van der Waals surface area contributed by atoms with Crippen LogP contribution in [0.25, 0.3) is 11.5 Å². The summed E-state index contributed by atoms with van der Waals surface area (Å²) in [5, 5.41) is 3.37. The molecule has 4 heteroatoms. The van der Waals surface area contributed by atoms with Crippen molar-refractivity contribution in [3.05, 3.63) is 41.3 Å². The van der Waals surface area contributed by atoms with Crippen LogP contribution in [-0.2, 0) is 6.54 Å². The van der Waals surface area contributed by atoms with E-state index in [9.17, 15) is 0 Å². The van der Waals surface area contributed by atoms with Gasteiger partial charge in [-0.1, -0.05) is 18.2 Å².